The van der Waals surface area contributed by atoms with Crippen molar-refractivity contribution in [2.75, 3.05) is 49.5 Å². The van der Waals surface area contributed by atoms with Crippen LogP contribution in [0.25, 0.3) is 0 Å². The standard InChI is InChI=1S/C28H38F3N7O4Si/c1-43(2,3)13-12-41-19-38-27(40)26(28(29,30)31)23(18-35-38)33-17-22-6-5-21(42-22)14-25(39)37-10-8-36(9-11-37)24-7-4-20(15-32)16-34-24/h4,7,16,18,21-22,33H,5-6,8-14,17,19H2,1-3H3. The summed E-state index contributed by atoms with van der Waals surface area (Å²) in [4.78, 5) is 33.7. The first kappa shape index (κ1) is 32.4. The summed E-state index contributed by atoms with van der Waals surface area (Å²) in [6.45, 7) is 8.77. The molecule has 0 radical (unpaired) electrons. The summed E-state index contributed by atoms with van der Waals surface area (Å²) >= 11 is 0. The Morgan fingerprint density at radius 3 is 2.51 bits per heavy atom. The Hall–Kier alpha value is -3.48. The summed E-state index contributed by atoms with van der Waals surface area (Å²) in [6, 6.07) is 6.36. The normalized spacial score (nSPS) is 19.4. The number of pyridine rings is 1. The molecule has 4 rings (SSSR count). The van der Waals surface area contributed by atoms with Gasteiger partial charge in [0.05, 0.1) is 36.1 Å². The van der Waals surface area contributed by atoms with Crippen molar-refractivity contribution in [3.63, 3.8) is 0 Å². The second-order valence-corrected chi connectivity index (χ2v) is 17.6. The molecule has 2 aromatic rings. The molecule has 234 valence electrons. The highest BCUT2D eigenvalue weighted by atomic mass is 28.3. The predicted octanol–water partition coefficient (Wildman–Crippen LogP) is 3.54. The lowest BCUT2D eigenvalue weighted by atomic mass is 10.1. The lowest BCUT2D eigenvalue weighted by Gasteiger charge is -2.35. The molecule has 2 fully saturated rings. The topological polar surface area (TPSA) is 126 Å². The summed E-state index contributed by atoms with van der Waals surface area (Å²) in [5, 5.41) is 15.5. The Kier molecular flexibility index (Phi) is 10.5. The van der Waals surface area contributed by atoms with Gasteiger partial charge in [-0.3, -0.25) is 9.59 Å². The molecule has 0 aliphatic carbocycles. The zero-order valence-electron chi connectivity index (χ0n) is 24.7. The number of halogens is 3. The van der Waals surface area contributed by atoms with Crippen LogP contribution in [0.4, 0.5) is 24.7 Å². The number of hydrogen-bond donors (Lipinski definition) is 1. The predicted molar refractivity (Wildman–Crippen MR) is 156 cm³/mol. The molecule has 2 aromatic heterocycles. The molecule has 2 saturated heterocycles. The number of anilines is 2. The van der Waals surface area contributed by atoms with Gasteiger partial charge >= 0.3 is 6.18 Å². The van der Waals surface area contributed by atoms with Crippen LogP contribution in [-0.2, 0) is 27.2 Å². The molecule has 0 saturated carbocycles. The van der Waals surface area contributed by atoms with E-state index < -0.39 is 37.2 Å². The van der Waals surface area contributed by atoms with Crippen LogP contribution in [0.2, 0.25) is 25.7 Å². The molecule has 2 aliphatic rings. The maximum absolute atomic E-state index is 13.9. The summed E-state index contributed by atoms with van der Waals surface area (Å²) < 4.78 is 53.7. The Morgan fingerprint density at radius 2 is 1.88 bits per heavy atom. The van der Waals surface area contributed by atoms with E-state index in [4.69, 9.17) is 14.7 Å². The minimum absolute atomic E-state index is 0.0368. The van der Waals surface area contributed by atoms with Gasteiger partial charge in [0.25, 0.3) is 5.56 Å². The molecule has 1 N–H and O–H groups in total. The third-order valence-corrected chi connectivity index (χ3v) is 9.19. The van der Waals surface area contributed by atoms with E-state index in [1.807, 2.05) is 6.07 Å². The minimum atomic E-state index is -4.88. The van der Waals surface area contributed by atoms with Crippen LogP contribution in [0.5, 0.6) is 0 Å². The monoisotopic (exact) mass is 621 g/mol. The molecule has 0 spiro atoms. The number of nitriles is 1. The second kappa shape index (κ2) is 13.9. The van der Waals surface area contributed by atoms with E-state index in [9.17, 15) is 22.8 Å². The maximum atomic E-state index is 13.9. The van der Waals surface area contributed by atoms with Gasteiger partial charge in [-0.25, -0.2) is 9.67 Å². The molecule has 43 heavy (non-hydrogen) atoms. The number of aromatic nitrogens is 3. The first-order chi connectivity index (χ1) is 20.3. The van der Waals surface area contributed by atoms with Crippen LogP contribution in [0, 0.1) is 11.3 Å². The highest BCUT2D eigenvalue weighted by Gasteiger charge is 2.39. The van der Waals surface area contributed by atoms with Crippen LogP contribution in [0.3, 0.4) is 0 Å². The first-order valence-corrected chi connectivity index (χ1v) is 18.1. The number of alkyl halides is 3. The molecule has 2 atom stereocenters. The summed E-state index contributed by atoms with van der Waals surface area (Å²) in [5.74, 6) is 0.720. The number of amides is 1. The molecule has 2 unspecified atom stereocenters. The number of piperazine rings is 1. The highest BCUT2D eigenvalue weighted by molar-refractivity contribution is 6.76. The third kappa shape index (κ3) is 9.01. The van der Waals surface area contributed by atoms with E-state index in [1.54, 1.807) is 17.0 Å². The molecule has 11 nitrogen and oxygen atoms in total. The van der Waals surface area contributed by atoms with Crippen molar-refractivity contribution in [1.29, 1.82) is 5.26 Å². The molecule has 2 aliphatic heterocycles. The van der Waals surface area contributed by atoms with Crippen LogP contribution in [-0.4, -0.2) is 85.2 Å². The van der Waals surface area contributed by atoms with E-state index >= 15 is 0 Å². The zero-order valence-corrected chi connectivity index (χ0v) is 25.7. The number of rotatable bonds is 11. The fraction of sp³-hybridized carbons (Fsp3) is 0.607. The van der Waals surface area contributed by atoms with Gasteiger partial charge in [0.2, 0.25) is 5.91 Å². The van der Waals surface area contributed by atoms with Gasteiger partial charge in [-0.2, -0.15) is 23.5 Å². The SMILES string of the molecule is C[Si](C)(C)CCOCn1ncc(NCC2CCC(CC(=O)N3CCN(c4ccc(C#N)cn4)CC3)O2)c(C(F)(F)F)c1=O. The number of carbonyl (C=O) groups excluding carboxylic acids is 1. The maximum Gasteiger partial charge on any atom is 0.423 e. The lowest BCUT2D eigenvalue weighted by Crippen LogP contribution is -2.49. The van der Waals surface area contributed by atoms with Gasteiger partial charge in [0.1, 0.15) is 24.2 Å². The minimum Gasteiger partial charge on any atom is -0.380 e. The summed E-state index contributed by atoms with van der Waals surface area (Å²) in [5.41, 5.74) is -2.51. The van der Waals surface area contributed by atoms with Crippen molar-refractivity contribution in [2.45, 2.75) is 70.1 Å². The van der Waals surface area contributed by atoms with Crippen molar-refractivity contribution in [3.05, 3.63) is 46.0 Å². The summed E-state index contributed by atoms with van der Waals surface area (Å²) in [6.07, 6.45) is -1.74. The third-order valence-electron chi connectivity index (χ3n) is 7.49. The van der Waals surface area contributed by atoms with E-state index in [1.165, 1.54) is 6.20 Å². The van der Waals surface area contributed by atoms with Crippen molar-refractivity contribution in [1.82, 2.24) is 19.7 Å². The van der Waals surface area contributed by atoms with Gasteiger partial charge in [-0.15, -0.1) is 0 Å². The number of hydrogen-bond acceptors (Lipinski definition) is 9. The van der Waals surface area contributed by atoms with Crippen LogP contribution in [0.1, 0.15) is 30.4 Å². The van der Waals surface area contributed by atoms with Crippen LogP contribution in [0.15, 0.2) is 29.3 Å². The van der Waals surface area contributed by atoms with E-state index in [-0.39, 0.29) is 31.7 Å². The van der Waals surface area contributed by atoms with Crippen molar-refractivity contribution in [3.8, 4) is 6.07 Å². The average Bonchev–Trinajstić information content (AvgIpc) is 3.41. The van der Waals surface area contributed by atoms with Gasteiger partial charge in [0, 0.05) is 53.6 Å². The lowest BCUT2D eigenvalue weighted by molar-refractivity contribution is -0.139. The first-order valence-electron chi connectivity index (χ1n) is 14.4. The van der Waals surface area contributed by atoms with Crippen LogP contribution < -0.4 is 15.8 Å². The largest absolute Gasteiger partial charge is 0.423 e. The van der Waals surface area contributed by atoms with Gasteiger partial charge in [0.15, 0.2) is 0 Å². The fourth-order valence-corrected chi connectivity index (χ4v) is 5.73. The molecule has 15 heteroatoms. The van der Waals surface area contributed by atoms with Crippen molar-refractivity contribution in [2.24, 2.45) is 0 Å². The number of ether oxygens (including phenoxy) is 2. The number of nitrogens with zero attached hydrogens (tertiary/aromatic N) is 6. The fourth-order valence-electron chi connectivity index (χ4n) is 4.97. The van der Waals surface area contributed by atoms with E-state index in [2.05, 4.69) is 39.9 Å². The molecule has 0 aromatic carbocycles. The average molecular weight is 622 g/mol. The molecular formula is C28H38F3N7O4Si. The molecule has 1 amide bonds. The molecule has 0 bridgehead atoms. The number of carbonyl (C=O) groups is 1. The quantitative estimate of drug-likeness (QED) is 0.296. The second-order valence-electron chi connectivity index (χ2n) is 12.0. The Morgan fingerprint density at radius 1 is 1.16 bits per heavy atom. The zero-order chi connectivity index (χ0) is 31.2. The highest BCUT2D eigenvalue weighted by Crippen LogP contribution is 2.32. The van der Waals surface area contributed by atoms with Gasteiger partial charge in [-0.1, -0.05) is 19.6 Å². The van der Waals surface area contributed by atoms with E-state index in [0.29, 0.717) is 55.9 Å². The Balaban J connectivity index is 1.25. The Bertz CT molecular complexity index is 1350. The van der Waals surface area contributed by atoms with E-state index in [0.717, 1.165) is 18.1 Å². The molecule has 4 heterocycles. The smallest absolute Gasteiger partial charge is 0.380 e. The Labute approximate surface area is 249 Å². The van der Waals surface area contributed by atoms with Crippen molar-refractivity contribution < 1.29 is 27.4 Å². The molecular weight excluding hydrogens is 583 g/mol. The summed E-state index contributed by atoms with van der Waals surface area (Å²) in [7, 11) is -1.39. The van der Waals surface area contributed by atoms with Crippen molar-refractivity contribution >= 4 is 25.5 Å². The number of nitrogens with one attached hydrogen (secondary N) is 1. The van der Waals surface area contributed by atoms with Crippen LogP contribution >= 0.6 is 0 Å². The van der Waals surface area contributed by atoms with Gasteiger partial charge in [-0.05, 0) is 31.0 Å². The van der Waals surface area contributed by atoms with Gasteiger partial charge < -0.3 is 24.6 Å².